The van der Waals surface area contributed by atoms with E-state index in [9.17, 15) is 14.0 Å². The van der Waals surface area contributed by atoms with Gasteiger partial charge in [0.15, 0.2) is 0 Å². The number of rotatable bonds is 6. The SMILES string of the molecule is Cn1cnc(C(=O)NC[C@@H]2CCS[C@H](c3cccc(Oc4ccc(F)cc4)c3)C(=O)N2)c1. The maximum atomic E-state index is 13.1. The van der Waals surface area contributed by atoms with Gasteiger partial charge < -0.3 is 19.9 Å². The van der Waals surface area contributed by atoms with Gasteiger partial charge in [-0.1, -0.05) is 12.1 Å². The third-order valence-electron chi connectivity index (χ3n) is 4.99. The topological polar surface area (TPSA) is 85.2 Å². The Morgan fingerprint density at radius 1 is 1.28 bits per heavy atom. The van der Waals surface area contributed by atoms with Crippen LogP contribution < -0.4 is 15.4 Å². The second kappa shape index (κ2) is 9.86. The number of amides is 2. The molecule has 3 aromatic rings. The van der Waals surface area contributed by atoms with Crippen LogP contribution in [-0.4, -0.2) is 39.7 Å². The van der Waals surface area contributed by atoms with Crippen LogP contribution in [-0.2, 0) is 11.8 Å². The van der Waals surface area contributed by atoms with Crippen molar-refractivity contribution in [2.24, 2.45) is 7.05 Å². The third-order valence-corrected chi connectivity index (χ3v) is 6.28. The molecule has 0 unspecified atom stereocenters. The van der Waals surface area contributed by atoms with Crippen LogP contribution in [0.1, 0.15) is 27.7 Å². The first-order valence-electron chi connectivity index (χ1n) is 10.2. The van der Waals surface area contributed by atoms with E-state index in [2.05, 4.69) is 15.6 Å². The van der Waals surface area contributed by atoms with E-state index in [1.54, 1.807) is 54.1 Å². The van der Waals surface area contributed by atoms with Crippen LogP contribution in [0, 0.1) is 5.82 Å². The predicted octanol–water partition coefficient (Wildman–Crippen LogP) is 3.44. The van der Waals surface area contributed by atoms with Gasteiger partial charge >= 0.3 is 0 Å². The second-order valence-corrected chi connectivity index (χ2v) is 8.72. The molecule has 0 radical (unpaired) electrons. The van der Waals surface area contributed by atoms with E-state index in [0.717, 1.165) is 17.7 Å². The Labute approximate surface area is 189 Å². The first-order chi connectivity index (χ1) is 15.5. The monoisotopic (exact) mass is 454 g/mol. The standard InChI is InChI=1S/C23H23FN4O3S/c1-28-13-20(26-14-28)22(29)25-12-17-9-10-32-21(23(30)27-17)15-3-2-4-19(11-15)31-18-7-5-16(24)6-8-18/h2-8,11,13-14,17,21H,9-10,12H2,1H3,(H,25,29)(H,27,30)/t17-,21+/m0/s1. The number of aromatic nitrogens is 2. The van der Waals surface area contributed by atoms with E-state index in [0.29, 0.717) is 23.7 Å². The number of aryl methyl sites for hydroxylation is 1. The van der Waals surface area contributed by atoms with Crippen molar-refractivity contribution in [3.8, 4) is 11.5 Å². The van der Waals surface area contributed by atoms with E-state index in [-0.39, 0.29) is 28.9 Å². The van der Waals surface area contributed by atoms with E-state index in [1.807, 2.05) is 18.2 Å². The fourth-order valence-electron chi connectivity index (χ4n) is 3.37. The van der Waals surface area contributed by atoms with Crippen molar-refractivity contribution in [2.45, 2.75) is 17.7 Å². The van der Waals surface area contributed by atoms with Gasteiger partial charge in [-0.15, -0.1) is 11.8 Å². The van der Waals surface area contributed by atoms with Crippen LogP contribution in [0.2, 0.25) is 0 Å². The van der Waals surface area contributed by atoms with Crippen LogP contribution in [0.4, 0.5) is 4.39 Å². The van der Waals surface area contributed by atoms with Crippen LogP contribution >= 0.6 is 11.8 Å². The molecule has 166 valence electrons. The number of hydrogen-bond acceptors (Lipinski definition) is 5. The Bertz CT molecular complexity index is 1100. The van der Waals surface area contributed by atoms with Crippen LogP contribution in [0.25, 0.3) is 0 Å². The highest BCUT2D eigenvalue weighted by atomic mass is 32.2. The molecule has 4 rings (SSSR count). The molecule has 0 saturated carbocycles. The van der Waals surface area contributed by atoms with Crippen LogP contribution in [0.15, 0.2) is 61.1 Å². The maximum Gasteiger partial charge on any atom is 0.271 e. The summed E-state index contributed by atoms with van der Waals surface area (Å²) in [4.78, 5) is 29.2. The number of hydrogen-bond donors (Lipinski definition) is 2. The molecule has 1 aliphatic heterocycles. The normalized spacial score (nSPS) is 18.5. The lowest BCUT2D eigenvalue weighted by Gasteiger charge is -2.18. The molecule has 2 N–H and O–H groups in total. The number of imidazole rings is 1. The summed E-state index contributed by atoms with van der Waals surface area (Å²) in [5, 5.41) is 5.49. The molecule has 2 atom stereocenters. The van der Waals surface area contributed by atoms with E-state index in [4.69, 9.17) is 4.74 Å². The number of nitrogens with zero attached hydrogens (tertiary/aromatic N) is 2. The second-order valence-electron chi connectivity index (χ2n) is 7.51. The summed E-state index contributed by atoms with van der Waals surface area (Å²) in [5.74, 6) is 1.15. The quantitative estimate of drug-likeness (QED) is 0.596. The first-order valence-corrected chi connectivity index (χ1v) is 11.2. The Morgan fingerprint density at radius 3 is 2.84 bits per heavy atom. The molecule has 1 saturated heterocycles. The molecular formula is C23H23FN4O3S. The summed E-state index contributed by atoms with van der Waals surface area (Å²) in [6, 6.07) is 13.0. The largest absolute Gasteiger partial charge is 0.457 e. The fraction of sp³-hybridized carbons (Fsp3) is 0.261. The number of carbonyl (C=O) groups excluding carboxylic acids is 2. The van der Waals surface area contributed by atoms with Gasteiger partial charge in [0.1, 0.15) is 28.3 Å². The predicted molar refractivity (Wildman–Crippen MR) is 120 cm³/mol. The molecule has 1 aromatic heterocycles. The molecule has 2 heterocycles. The van der Waals surface area contributed by atoms with Gasteiger partial charge in [0.25, 0.3) is 5.91 Å². The highest BCUT2D eigenvalue weighted by Crippen LogP contribution is 2.34. The van der Waals surface area contributed by atoms with Crippen molar-refractivity contribution in [1.29, 1.82) is 0 Å². The zero-order valence-electron chi connectivity index (χ0n) is 17.5. The molecule has 7 nitrogen and oxygen atoms in total. The van der Waals surface area contributed by atoms with Crippen molar-refractivity contribution < 1.29 is 18.7 Å². The first kappa shape index (κ1) is 21.9. The lowest BCUT2D eigenvalue weighted by atomic mass is 10.1. The van der Waals surface area contributed by atoms with Gasteiger partial charge in [-0.3, -0.25) is 9.59 Å². The average molecular weight is 455 g/mol. The molecule has 0 bridgehead atoms. The Kier molecular flexibility index (Phi) is 6.75. The smallest absolute Gasteiger partial charge is 0.271 e. The summed E-state index contributed by atoms with van der Waals surface area (Å²) < 4.78 is 20.6. The van der Waals surface area contributed by atoms with E-state index in [1.165, 1.54) is 12.1 Å². The molecule has 1 aliphatic rings. The Morgan fingerprint density at radius 2 is 2.09 bits per heavy atom. The summed E-state index contributed by atoms with van der Waals surface area (Å²) in [7, 11) is 1.80. The number of thioether (sulfide) groups is 1. The molecular weight excluding hydrogens is 431 g/mol. The van der Waals surface area contributed by atoms with E-state index < -0.39 is 0 Å². The lowest BCUT2D eigenvalue weighted by molar-refractivity contribution is -0.121. The van der Waals surface area contributed by atoms with Crippen LogP contribution in [0.5, 0.6) is 11.5 Å². The lowest BCUT2D eigenvalue weighted by Crippen LogP contribution is -2.43. The molecule has 2 amide bonds. The highest BCUT2D eigenvalue weighted by molar-refractivity contribution is 8.00. The third kappa shape index (κ3) is 5.47. The average Bonchev–Trinajstić information content (AvgIpc) is 3.13. The van der Waals surface area contributed by atoms with Crippen molar-refractivity contribution in [2.75, 3.05) is 12.3 Å². The summed E-state index contributed by atoms with van der Waals surface area (Å²) in [6.45, 7) is 0.335. The number of benzene rings is 2. The van der Waals surface area contributed by atoms with Gasteiger partial charge in [0.05, 0.1) is 6.33 Å². The minimum absolute atomic E-state index is 0.108. The zero-order valence-corrected chi connectivity index (χ0v) is 18.3. The van der Waals surface area contributed by atoms with Crippen molar-refractivity contribution in [1.82, 2.24) is 20.2 Å². The number of nitrogens with one attached hydrogen (secondary N) is 2. The van der Waals surface area contributed by atoms with E-state index >= 15 is 0 Å². The minimum Gasteiger partial charge on any atom is -0.457 e. The molecule has 9 heteroatoms. The summed E-state index contributed by atoms with van der Waals surface area (Å²) in [5.41, 5.74) is 1.17. The number of carbonyl (C=O) groups is 2. The summed E-state index contributed by atoms with van der Waals surface area (Å²) in [6.07, 6.45) is 3.95. The summed E-state index contributed by atoms with van der Waals surface area (Å²) >= 11 is 1.55. The Hall–Kier alpha value is -3.33. The van der Waals surface area contributed by atoms with Crippen molar-refractivity contribution >= 4 is 23.6 Å². The van der Waals surface area contributed by atoms with Gasteiger partial charge in [-0.05, 0) is 54.1 Å². The molecule has 32 heavy (non-hydrogen) atoms. The molecule has 1 fully saturated rings. The molecule has 0 aliphatic carbocycles. The maximum absolute atomic E-state index is 13.1. The minimum atomic E-state index is -0.386. The van der Waals surface area contributed by atoms with Gasteiger partial charge in [-0.2, -0.15) is 0 Å². The number of ether oxygens (including phenoxy) is 1. The van der Waals surface area contributed by atoms with Crippen molar-refractivity contribution in [3.05, 3.63) is 78.1 Å². The highest BCUT2D eigenvalue weighted by Gasteiger charge is 2.28. The van der Waals surface area contributed by atoms with Crippen LogP contribution in [0.3, 0.4) is 0 Å². The Balaban J connectivity index is 1.37. The van der Waals surface area contributed by atoms with Crippen molar-refractivity contribution in [3.63, 3.8) is 0 Å². The van der Waals surface area contributed by atoms with Gasteiger partial charge in [-0.25, -0.2) is 9.37 Å². The molecule has 0 spiro atoms. The van der Waals surface area contributed by atoms with Gasteiger partial charge in [0, 0.05) is 25.8 Å². The molecule has 2 aromatic carbocycles. The zero-order chi connectivity index (χ0) is 22.5. The number of halogens is 1. The fourth-order valence-corrected chi connectivity index (χ4v) is 4.58. The van der Waals surface area contributed by atoms with Gasteiger partial charge in [0.2, 0.25) is 5.91 Å².